The number of benzene rings is 1. The summed E-state index contributed by atoms with van der Waals surface area (Å²) in [6.07, 6.45) is 0. The Morgan fingerprint density at radius 1 is 1.11 bits per heavy atom. The van der Waals surface area contributed by atoms with Gasteiger partial charge >= 0.3 is 0 Å². The van der Waals surface area contributed by atoms with E-state index in [0.717, 1.165) is 27.5 Å². The van der Waals surface area contributed by atoms with Crippen LogP contribution in [0.15, 0.2) is 56.7 Å². The lowest BCUT2D eigenvalue weighted by molar-refractivity contribution is 0.461. The van der Waals surface area contributed by atoms with Crippen LogP contribution in [-0.2, 0) is 6.54 Å². The molecule has 1 atom stereocenters. The van der Waals surface area contributed by atoms with Crippen molar-refractivity contribution in [3.8, 4) is 11.5 Å². The van der Waals surface area contributed by atoms with Gasteiger partial charge in [-0.3, -0.25) is 5.32 Å². The highest BCUT2D eigenvalue weighted by Crippen LogP contribution is 2.28. The average molecular weight is 383 g/mol. The molecule has 3 aromatic heterocycles. The van der Waals surface area contributed by atoms with Crippen LogP contribution in [0, 0.1) is 19.7 Å². The lowest BCUT2D eigenvalue weighted by Gasteiger charge is -2.17. The number of hydrogen-bond donors (Lipinski definition) is 1. The molecule has 0 saturated heterocycles. The molecular weight excluding hydrogens is 365 g/mol. The molecule has 0 bridgehead atoms. The fourth-order valence-electron chi connectivity index (χ4n) is 2.96. The van der Waals surface area contributed by atoms with Gasteiger partial charge in [0.25, 0.3) is 5.89 Å². The van der Waals surface area contributed by atoms with Crippen molar-refractivity contribution in [2.45, 2.75) is 26.4 Å². The molecule has 0 aliphatic carbocycles. The molecule has 0 unspecified atom stereocenters. The SMILES string of the molecule is Cc1cc(-c2nnc(CN[C@H](c3ccc(F)cc3)c3cccs3)o2)c(C)o1. The minimum atomic E-state index is -0.254. The second-order valence-corrected chi connectivity index (χ2v) is 7.19. The molecule has 4 rings (SSSR count). The molecule has 3 heterocycles. The summed E-state index contributed by atoms with van der Waals surface area (Å²) in [5.74, 6) is 2.21. The fourth-order valence-corrected chi connectivity index (χ4v) is 3.79. The second kappa shape index (κ2) is 7.46. The van der Waals surface area contributed by atoms with Gasteiger partial charge in [-0.1, -0.05) is 18.2 Å². The summed E-state index contributed by atoms with van der Waals surface area (Å²) in [6, 6.07) is 12.3. The van der Waals surface area contributed by atoms with E-state index in [9.17, 15) is 4.39 Å². The van der Waals surface area contributed by atoms with Crippen LogP contribution < -0.4 is 5.32 Å². The average Bonchev–Trinajstić information content (AvgIpc) is 3.38. The second-order valence-electron chi connectivity index (χ2n) is 6.21. The van der Waals surface area contributed by atoms with Crippen molar-refractivity contribution in [1.82, 2.24) is 15.5 Å². The highest BCUT2D eigenvalue weighted by Gasteiger charge is 2.18. The number of rotatable bonds is 6. The summed E-state index contributed by atoms with van der Waals surface area (Å²) >= 11 is 1.64. The van der Waals surface area contributed by atoms with Crippen LogP contribution in [0.4, 0.5) is 4.39 Å². The zero-order valence-electron chi connectivity index (χ0n) is 14.9. The number of halogens is 1. The van der Waals surface area contributed by atoms with E-state index < -0.39 is 0 Å². The van der Waals surface area contributed by atoms with Crippen molar-refractivity contribution in [3.63, 3.8) is 0 Å². The van der Waals surface area contributed by atoms with Gasteiger partial charge in [0, 0.05) is 4.88 Å². The normalized spacial score (nSPS) is 12.4. The van der Waals surface area contributed by atoms with Gasteiger partial charge in [-0.2, -0.15) is 0 Å². The first kappa shape index (κ1) is 17.6. The third-order valence-corrected chi connectivity index (χ3v) is 5.16. The Balaban J connectivity index is 1.53. The Hall–Kier alpha value is -2.77. The van der Waals surface area contributed by atoms with Crippen molar-refractivity contribution in [2.75, 3.05) is 0 Å². The van der Waals surface area contributed by atoms with Crippen LogP contribution >= 0.6 is 11.3 Å². The maximum atomic E-state index is 13.3. The maximum Gasteiger partial charge on any atom is 0.251 e. The molecule has 27 heavy (non-hydrogen) atoms. The van der Waals surface area contributed by atoms with Crippen LogP contribution in [0.25, 0.3) is 11.5 Å². The summed E-state index contributed by atoms with van der Waals surface area (Å²) in [7, 11) is 0. The summed E-state index contributed by atoms with van der Waals surface area (Å²) in [5, 5.41) is 13.7. The Morgan fingerprint density at radius 3 is 2.59 bits per heavy atom. The Morgan fingerprint density at radius 2 is 1.93 bits per heavy atom. The van der Waals surface area contributed by atoms with Gasteiger partial charge in [-0.05, 0) is 49.1 Å². The number of thiophene rings is 1. The van der Waals surface area contributed by atoms with Crippen molar-refractivity contribution in [3.05, 3.63) is 81.5 Å². The molecule has 7 heteroatoms. The summed E-state index contributed by atoms with van der Waals surface area (Å²) in [4.78, 5) is 1.13. The predicted octanol–water partition coefficient (Wildman–Crippen LogP) is 5.03. The van der Waals surface area contributed by atoms with E-state index in [1.54, 1.807) is 23.5 Å². The summed E-state index contributed by atoms with van der Waals surface area (Å²) in [5.41, 5.74) is 1.78. The number of hydrogen-bond acceptors (Lipinski definition) is 6. The van der Waals surface area contributed by atoms with E-state index in [1.165, 1.54) is 12.1 Å². The maximum absolute atomic E-state index is 13.3. The standard InChI is InChI=1S/C20H18FN3O2S/c1-12-10-16(13(2)25-12)20-24-23-18(26-20)11-22-19(17-4-3-9-27-17)14-5-7-15(21)8-6-14/h3-10,19,22H,11H2,1-2H3/t19-/m1/s1. The first-order valence-corrected chi connectivity index (χ1v) is 9.40. The number of aromatic nitrogens is 2. The quantitative estimate of drug-likeness (QED) is 0.506. The lowest BCUT2D eigenvalue weighted by Crippen LogP contribution is -2.21. The van der Waals surface area contributed by atoms with Gasteiger partial charge in [0.1, 0.15) is 17.3 Å². The molecule has 0 fully saturated rings. The molecule has 0 radical (unpaired) electrons. The molecular formula is C20H18FN3O2S. The van der Waals surface area contributed by atoms with E-state index in [4.69, 9.17) is 8.83 Å². The summed E-state index contributed by atoms with van der Waals surface area (Å²) < 4.78 is 24.6. The number of nitrogens with one attached hydrogen (secondary N) is 1. The minimum absolute atomic E-state index is 0.0844. The van der Waals surface area contributed by atoms with Crippen molar-refractivity contribution < 1.29 is 13.2 Å². The van der Waals surface area contributed by atoms with E-state index in [0.29, 0.717) is 18.3 Å². The van der Waals surface area contributed by atoms with Gasteiger partial charge in [0.05, 0.1) is 18.2 Å². The highest BCUT2D eigenvalue weighted by molar-refractivity contribution is 7.10. The van der Waals surface area contributed by atoms with Gasteiger partial charge in [0.15, 0.2) is 0 Å². The molecule has 0 amide bonds. The van der Waals surface area contributed by atoms with E-state index in [-0.39, 0.29) is 11.9 Å². The fraction of sp³-hybridized carbons (Fsp3) is 0.200. The molecule has 4 aromatic rings. The van der Waals surface area contributed by atoms with Gasteiger partial charge < -0.3 is 8.83 Å². The van der Waals surface area contributed by atoms with Gasteiger partial charge in [-0.15, -0.1) is 21.5 Å². The van der Waals surface area contributed by atoms with Crippen molar-refractivity contribution >= 4 is 11.3 Å². The molecule has 0 aliphatic heterocycles. The first-order valence-electron chi connectivity index (χ1n) is 8.52. The van der Waals surface area contributed by atoms with Crippen LogP contribution in [-0.4, -0.2) is 10.2 Å². The van der Waals surface area contributed by atoms with Crippen LogP contribution in [0.3, 0.4) is 0 Å². The third kappa shape index (κ3) is 3.84. The summed E-state index contributed by atoms with van der Waals surface area (Å²) in [6.45, 7) is 4.14. The molecule has 0 saturated carbocycles. The van der Waals surface area contributed by atoms with Crippen molar-refractivity contribution in [1.29, 1.82) is 0 Å². The monoisotopic (exact) mass is 383 g/mol. The zero-order chi connectivity index (χ0) is 18.8. The number of nitrogens with zero attached hydrogens (tertiary/aromatic N) is 2. The number of furan rings is 1. The van der Waals surface area contributed by atoms with E-state index >= 15 is 0 Å². The zero-order valence-corrected chi connectivity index (χ0v) is 15.7. The topological polar surface area (TPSA) is 64.1 Å². The Kier molecular flexibility index (Phi) is 4.87. The van der Waals surface area contributed by atoms with Gasteiger partial charge in [-0.25, -0.2) is 4.39 Å². The molecule has 138 valence electrons. The minimum Gasteiger partial charge on any atom is -0.466 e. The van der Waals surface area contributed by atoms with Crippen LogP contribution in [0.5, 0.6) is 0 Å². The highest BCUT2D eigenvalue weighted by atomic mass is 32.1. The van der Waals surface area contributed by atoms with E-state index in [2.05, 4.69) is 15.5 Å². The van der Waals surface area contributed by atoms with E-state index in [1.807, 2.05) is 37.4 Å². The van der Waals surface area contributed by atoms with Crippen LogP contribution in [0.1, 0.15) is 33.9 Å². The smallest absolute Gasteiger partial charge is 0.251 e. The first-order chi connectivity index (χ1) is 13.1. The third-order valence-electron chi connectivity index (χ3n) is 4.23. The van der Waals surface area contributed by atoms with Gasteiger partial charge in [0.2, 0.25) is 5.89 Å². The molecule has 1 N–H and O–H groups in total. The largest absolute Gasteiger partial charge is 0.466 e. The molecule has 0 aliphatic rings. The predicted molar refractivity (Wildman–Crippen MR) is 101 cm³/mol. The molecule has 5 nitrogen and oxygen atoms in total. The Bertz CT molecular complexity index is 1020. The molecule has 1 aromatic carbocycles. The Labute approximate surface area is 159 Å². The van der Waals surface area contributed by atoms with Crippen molar-refractivity contribution in [2.24, 2.45) is 0 Å². The van der Waals surface area contributed by atoms with Crippen LogP contribution in [0.2, 0.25) is 0 Å². The number of aryl methyl sites for hydroxylation is 2. The molecule has 0 spiro atoms. The lowest BCUT2D eigenvalue weighted by atomic mass is 10.1.